The van der Waals surface area contributed by atoms with Gasteiger partial charge in [-0.1, -0.05) is 6.07 Å². The van der Waals surface area contributed by atoms with Crippen molar-refractivity contribution in [3.8, 4) is 11.3 Å². The van der Waals surface area contributed by atoms with Crippen LogP contribution in [0.1, 0.15) is 5.69 Å². The Morgan fingerprint density at radius 1 is 1.21 bits per heavy atom. The number of hydrogen-bond acceptors (Lipinski definition) is 4. The zero-order valence-electron chi connectivity index (χ0n) is 12.6. The lowest BCUT2D eigenvalue weighted by molar-refractivity contribution is -0.121. The summed E-state index contributed by atoms with van der Waals surface area (Å²) in [6.07, 6.45) is 3.06. The number of pyridine rings is 1. The maximum absolute atomic E-state index is 12.9. The zero-order chi connectivity index (χ0) is 16.9. The lowest BCUT2D eigenvalue weighted by Crippen LogP contribution is -2.30. The Morgan fingerprint density at radius 3 is 2.71 bits per heavy atom. The van der Waals surface area contributed by atoms with E-state index in [1.807, 2.05) is 6.07 Å². The summed E-state index contributed by atoms with van der Waals surface area (Å²) in [5.74, 6) is -1.09. The Labute approximate surface area is 136 Å². The first-order valence-electron chi connectivity index (χ1n) is 7.24. The molecule has 0 saturated carbocycles. The third-order valence-corrected chi connectivity index (χ3v) is 3.34. The fourth-order valence-corrected chi connectivity index (χ4v) is 2.13. The monoisotopic (exact) mass is 327 g/mol. The summed E-state index contributed by atoms with van der Waals surface area (Å²) in [6.45, 7) is 0.105. The maximum atomic E-state index is 12.9. The summed E-state index contributed by atoms with van der Waals surface area (Å²) in [5.41, 5.74) is 1.28. The minimum Gasteiger partial charge on any atom is -0.408 e. The molecule has 0 aliphatic heterocycles. The van der Waals surface area contributed by atoms with E-state index in [1.54, 1.807) is 18.3 Å². The average Bonchev–Trinajstić information content (AvgIpc) is 2.95. The summed E-state index contributed by atoms with van der Waals surface area (Å²) in [7, 11) is 0. The predicted molar refractivity (Wildman–Crippen MR) is 84.4 cm³/mol. The minimum atomic E-state index is -0.651. The summed E-state index contributed by atoms with van der Waals surface area (Å²) < 4.78 is 19.2. The number of halogens is 1. The third kappa shape index (κ3) is 3.75. The summed E-state index contributed by atoms with van der Waals surface area (Å²) in [5, 5.41) is 2.68. The topological polar surface area (TPSA) is 77.1 Å². The number of nitrogens with one attached hydrogen (secondary N) is 1. The second-order valence-corrected chi connectivity index (χ2v) is 5.09. The summed E-state index contributed by atoms with van der Waals surface area (Å²) in [4.78, 5) is 27.9. The van der Waals surface area contributed by atoms with E-state index in [1.165, 1.54) is 30.5 Å². The van der Waals surface area contributed by atoms with Crippen LogP contribution in [0.15, 0.2) is 64.1 Å². The molecule has 0 fully saturated rings. The number of carbonyl (C=O) groups is 1. The van der Waals surface area contributed by atoms with Crippen LogP contribution < -0.4 is 11.1 Å². The Balaban J connectivity index is 1.66. The van der Waals surface area contributed by atoms with Crippen molar-refractivity contribution in [3.63, 3.8) is 0 Å². The zero-order valence-corrected chi connectivity index (χ0v) is 12.6. The molecule has 1 amide bonds. The fourth-order valence-electron chi connectivity index (χ4n) is 2.13. The minimum absolute atomic E-state index is 0.170. The third-order valence-electron chi connectivity index (χ3n) is 3.34. The molecule has 1 N–H and O–H groups in total. The van der Waals surface area contributed by atoms with Gasteiger partial charge in [0.25, 0.3) is 0 Å². The van der Waals surface area contributed by atoms with Crippen LogP contribution in [0.2, 0.25) is 0 Å². The van der Waals surface area contributed by atoms with Crippen LogP contribution in [0.25, 0.3) is 11.3 Å². The number of amides is 1. The number of aromatic nitrogens is 2. The number of nitrogens with zero attached hydrogens (tertiary/aromatic N) is 2. The Bertz CT molecular complexity index is 885. The highest BCUT2D eigenvalue weighted by Crippen LogP contribution is 2.18. The maximum Gasteiger partial charge on any atom is 0.419 e. The van der Waals surface area contributed by atoms with Crippen LogP contribution in [0.3, 0.4) is 0 Å². The van der Waals surface area contributed by atoms with Gasteiger partial charge in [0, 0.05) is 11.8 Å². The van der Waals surface area contributed by atoms with Gasteiger partial charge < -0.3 is 9.73 Å². The van der Waals surface area contributed by atoms with Gasteiger partial charge in [-0.05, 0) is 36.4 Å². The number of rotatable bonds is 5. The summed E-state index contributed by atoms with van der Waals surface area (Å²) >= 11 is 0. The molecule has 6 nitrogen and oxygen atoms in total. The number of benzene rings is 1. The highest BCUT2D eigenvalue weighted by atomic mass is 19.1. The lowest BCUT2D eigenvalue weighted by atomic mass is 10.2. The van der Waals surface area contributed by atoms with Crippen molar-refractivity contribution in [2.45, 2.75) is 13.1 Å². The van der Waals surface area contributed by atoms with Crippen molar-refractivity contribution in [1.82, 2.24) is 14.9 Å². The van der Waals surface area contributed by atoms with E-state index in [0.29, 0.717) is 5.56 Å². The van der Waals surface area contributed by atoms with Crippen LogP contribution in [0.5, 0.6) is 0 Å². The molecular weight excluding hydrogens is 313 g/mol. The number of hydrogen-bond donors (Lipinski definition) is 1. The molecule has 2 heterocycles. The first-order valence-corrected chi connectivity index (χ1v) is 7.24. The first-order chi connectivity index (χ1) is 11.6. The fraction of sp³-hybridized carbons (Fsp3) is 0.118. The van der Waals surface area contributed by atoms with E-state index in [4.69, 9.17) is 4.42 Å². The van der Waals surface area contributed by atoms with Gasteiger partial charge in [-0.2, -0.15) is 0 Å². The van der Waals surface area contributed by atoms with Gasteiger partial charge in [0.1, 0.15) is 12.4 Å². The molecule has 2 aromatic heterocycles. The second kappa shape index (κ2) is 6.91. The molecule has 7 heteroatoms. The van der Waals surface area contributed by atoms with Gasteiger partial charge in [-0.3, -0.25) is 14.3 Å². The largest absolute Gasteiger partial charge is 0.419 e. The van der Waals surface area contributed by atoms with Crippen molar-refractivity contribution < 1.29 is 13.6 Å². The van der Waals surface area contributed by atoms with Crippen molar-refractivity contribution in [2.75, 3.05) is 0 Å². The van der Waals surface area contributed by atoms with E-state index < -0.39 is 5.76 Å². The van der Waals surface area contributed by atoms with Gasteiger partial charge in [0.05, 0.1) is 18.4 Å². The van der Waals surface area contributed by atoms with Gasteiger partial charge >= 0.3 is 5.76 Å². The van der Waals surface area contributed by atoms with Crippen molar-refractivity contribution in [2.24, 2.45) is 0 Å². The highest BCUT2D eigenvalue weighted by Gasteiger charge is 2.11. The Kier molecular flexibility index (Phi) is 4.51. The van der Waals surface area contributed by atoms with Crippen LogP contribution >= 0.6 is 0 Å². The van der Waals surface area contributed by atoms with Crippen LogP contribution in [-0.4, -0.2) is 15.5 Å². The summed E-state index contributed by atoms with van der Waals surface area (Å²) in [6, 6.07) is 10.9. The van der Waals surface area contributed by atoms with Crippen LogP contribution in [-0.2, 0) is 17.9 Å². The second-order valence-electron chi connectivity index (χ2n) is 5.09. The van der Waals surface area contributed by atoms with Gasteiger partial charge in [0.15, 0.2) is 5.76 Å². The number of carbonyl (C=O) groups excluding carboxylic acids is 1. The Morgan fingerprint density at radius 2 is 2.00 bits per heavy atom. The molecule has 0 unspecified atom stereocenters. The van der Waals surface area contributed by atoms with Crippen molar-refractivity contribution in [3.05, 3.63) is 76.9 Å². The molecule has 1 aromatic carbocycles. The molecule has 24 heavy (non-hydrogen) atoms. The molecule has 0 saturated heterocycles. The molecule has 0 radical (unpaired) electrons. The van der Waals surface area contributed by atoms with E-state index in [9.17, 15) is 14.0 Å². The average molecular weight is 327 g/mol. The molecule has 0 atom stereocenters. The van der Waals surface area contributed by atoms with E-state index in [0.717, 1.165) is 10.3 Å². The Hall–Kier alpha value is -3.22. The highest BCUT2D eigenvalue weighted by molar-refractivity contribution is 5.75. The first kappa shape index (κ1) is 15.7. The molecule has 0 aliphatic rings. The van der Waals surface area contributed by atoms with Crippen LogP contribution in [0, 0.1) is 5.82 Å². The van der Waals surface area contributed by atoms with Crippen molar-refractivity contribution >= 4 is 5.91 Å². The normalized spacial score (nSPS) is 10.5. The van der Waals surface area contributed by atoms with E-state index >= 15 is 0 Å². The molecule has 0 spiro atoms. The van der Waals surface area contributed by atoms with E-state index in [2.05, 4.69) is 10.3 Å². The standard InChI is InChI=1S/C17H14FN3O3/c18-13-6-4-12(5-7-13)15-10-21(17(23)24-15)11-16(22)20-9-14-3-1-2-8-19-14/h1-8,10H,9,11H2,(H,20,22). The molecule has 0 bridgehead atoms. The van der Waals surface area contributed by atoms with E-state index in [-0.39, 0.29) is 30.6 Å². The smallest absolute Gasteiger partial charge is 0.408 e. The predicted octanol–water partition coefficient (Wildman–Crippen LogP) is 1.96. The molecule has 3 aromatic rings. The SMILES string of the molecule is O=C(Cn1cc(-c2ccc(F)cc2)oc1=O)NCc1ccccn1. The van der Waals surface area contributed by atoms with Gasteiger partial charge in [-0.25, -0.2) is 9.18 Å². The lowest BCUT2D eigenvalue weighted by Gasteiger charge is -2.04. The molecule has 0 aliphatic carbocycles. The van der Waals surface area contributed by atoms with Gasteiger partial charge in [-0.15, -0.1) is 0 Å². The number of oxazole rings is 1. The molecule has 122 valence electrons. The van der Waals surface area contributed by atoms with Gasteiger partial charge in [0.2, 0.25) is 5.91 Å². The molecular formula is C17H14FN3O3. The van der Waals surface area contributed by atoms with Crippen LogP contribution in [0.4, 0.5) is 4.39 Å². The molecule has 3 rings (SSSR count). The van der Waals surface area contributed by atoms with Crippen molar-refractivity contribution in [1.29, 1.82) is 0 Å². The quantitative estimate of drug-likeness (QED) is 0.777.